The molecule has 2 amide bonds. The van der Waals surface area contributed by atoms with Crippen molar-refractivity contribution in [1.82, 2.24) is 0 Å². The number of hydrogen-bond acceptors (Lipinski definition) is 6. The number of halogens is 1. The van der Waals surface area contributed by atoms with Gasteiger partial charge in [0.05, 0.1) is 16.2 Å². The molecule has 0 fully saturated rings. The zero-order valence-corrected chi connectivity index (χ0v) is 18.9. The standard InChI is InChI=1S/C23H18BrN3O6/c1-14(28)25-17-9-5-8-16(12-17)23(30)33-21(15-6-3-2-4-7-15)22(29)26-20-11-10-18(27(31)32)13-19(20)24/h2-13,21H,1H3,(H,25,28)(H,26,29). The van der Waals surface area contributed by atoms with E-state index in [9.17, 15) is 24.5 Å². The third kappa shape index (κ3) is 6.23. The second-order valence-corrected chi connectivity index (χ2v) is 7.72. The smallest absolute Gasteiger partial charge is 0.339 e. The van der Waals surface area contributed by atoms with Gasteiger partial charge < -0.3 is 15.4 Å². The maximum absolute atomic E-state index is 13.1. The van der Waals surface area contributed by atoms with Crippen molar-refractivity contribution in [2.45, 2.75) is 13.0 Å². The van der Waals surface area contributed by atoms with Crippen LogP contribution in [0.2, 0.25) is 0 Å². The van der Waals surface area contributed by atoms with E-state index in [-0.39, 0.29) is 22.8 Å². The van der Waals surface area contributed by atoms with Gasteiger partial charge in [0.2, 0.25) is 12.0 Å². The maximum atomic E-state index is 13.1. The molecule has 10 heteroatoms. The summed E-state index contributed by atoms with van der Waals surface area (Å²) in [7, 11) is 0. The summed E-state index contributed by atoms with van der Waals surface area (Å²) in [6, 6.07) is 18.4. The van der Waals surface area contributed by atoms with E-state index in [1.807, 2.05) is 0 Å². The Morgan fingerprint density at radius 3 is 2.33 bits per heavy atom. The first-order chi connectivity index (χ1) is 15.7. The lowest BCUT2D eigenvalue weighted by atomic mass is 10.1. The van der Waals surface area contributed by atoms with E-state index in [0.29, 0.717) is 15.7 Å². The minimum Gasteiger partial charge on any atom is -0.444 e. The number of amides is 2. The predicted molar refractivity (Wildman–Crippen MR) is 125 cm³/mol. The molecule has 2 N–H and O–H groups in total. The minimum absolute atomic E-state index is 0.145. The number of ether oxygens (including phenoxy) is 1. The Labute approximate surface area is 197 Å². The second kappa shape index (κ2) is 10.5. The van der Waals surface area contributed by atoms with Gasteiger partial charge in [0, 0.05) is 34.8 Å². The number of nitro benzene ring substituents is 1. The Kier molecular flexibility index (Phi) is 7.52. The average molecular weight is 512 g/mol. The lowest BCUT2D eigenvalue weighted by Crippen LogP contribution is -2.26. The highest BCUT2D eigenvalue weighted by molar-refractivity contribution is 9.10. The summed E-state index contributed by atoms with van der Waals surface area (Å²) in [5.74, 6) is -1.72. The van der Waals surface area contributed by atoms with Gasteiger partial charge in [-0.3, -0.25) is 19.7 Å². The normalized spacial score (nSPS) is 11.2. The first-order valence-corrected chi connectivity index (χ1v) is 10.4. The van der Waals surface area contributed by atoms with Crippen molar-refractivity contribution >= 4 is 50.8 Å². The summed E-state index contributed by atoms with van der Waals surface area (Å²) in [4.78, 5) is 47.5. The molecule has 0 saturated carbocycles. The van der Waals surface area contributed by atoms with Gasteiger partial charge in [0.25, 0.3) is 11.6 Å². The number of anilines is 2. The van der Waals surface area contributed by atoms with Crippen LogP contribution in [-0.4, -0.2) is 22.7 Å². The van der Waals surface area contributed by atoms with E-state index in [4.69, 9.17) is 4.74 Å². The van der Waals surface area contributed by atoms with Crippen molar-refractivity contribution in [2.75, 3.05) is 10.6 Å². The van der Waals surface area contributed by atoms with Crippen LogP contribution in [0.15, 0.2) is 77.3 Å². The van der Waals surface area contributed by atoms with E-state index < -0.39 is 22.9 Å². The molecule has 9 nitrogen and oxygen atoms in total. The number of esters is 1. The van der Waals surface area contributed by atoms with Gasteiger partial charge in [0.15, 0.2) is 0 Å². The minimum atomic E-state index is -1.30. The van der Waals surface area contributed by atoms with Crippen LogP contribution in [0.3, 0.4) is 0 Å². The lowest BCUT2D eigenvalue weighted by Gasteiger charge is -2.19. The van der Waals surface area contributed by atoms with Gasteiger partial charge in [-0.25, -0.2) is 4.79 Å². The fraction of sp³-hybridized carbons (Fsp3) is 0.0870. The zero-order chi connectivity index (χ0) is 24.0. The summed E-state index contributed by atoms with van der Waals surface area (Å²) in [6.45, 7) is 1.34. The van der Waals surface area contributed by atoms with Crippen LogP contribution in [0.1, 0.15) is 28.9 Å². The fourth-order valence-corrected chi connectivity index (χ4v) is 3.39. The predicted octanol–water partition coefficient (Wildman–Crippen LogP) is 4.85. The Bertz CT molecular complexity index is 1220. The second-order valence-electron chi connectivity index (χ2n) is 6.87. The first kappa shape index (κ1) is 23.6. The first-order valence-electron chi connectivity index (χ1n) is 9.63. The molecule has 1 atom stereocenters. The van der Waals surface area contributed by atoms with Gasteiger partial charge in [0.1, 0.15) is 0 Å². The summed E-state index contributed by atoms with van der Waals surface area (Å²) in [5, 5.41) is 16.1. The molecule has 0 aromatic heterocycles. The van der Waals surface area contributed by atoms with Crippen LogP contribution in [-0.2, 0) is 14.3 Å². The highest BCUT2D eigenvalue weighted by Crippen LogP contribution is 2.29. The molecule has 0 saturated heterocycles. The van der Waals surface area contributed by atoms with Gasteiger partial charge in [-0.2, -0.15) is 0 Å². The van der Waals surface area contributed by atoms with E-state index in [2.05, 4.69) is 26.6 Å². The number of nitrogens with one attached hydrogen (secondary N) is 2. The van der Waals surface area contributed by atoms with Crippen molar-refractivity contribution in [2.24, 2.45) is 0 Å². The summed E-state index contributed by atoms with van der Waals surface area (Å²) in [5.41, 5.74) is 1.11. The highest BCUT2D eigenvalue weighted by atomic mass is 79.9. The largest absolute Gasteiger partial charge is 0.444 e. The zero-order valence-electron chi connectivity index (χ0n) is 17.3. The van der Waals surface area contributed by atoms with Crippen molar-refractivity contribution in [3.8, 4) is 0 Å². The summed E-state index contributed by atoms with van der Waals surface area (Å²) in [6.07, 6.45) is -1.30. The molecule has 33 heavy (non-hydrogen) atoms. The van der Waals surface area contributed by atoms with E-state index in [1.165, 1.54) is 37.3 Å². The topological polar surface area (TPSA) is 128 Å². The number of nitro groups is 1. The third-order valence-corrected chi connectivity index (χ3v) is 5.06. The van der Waals surface area contributed by atoms with Crippen LogP contribution in [0.25, 0.3) is 0 Å². The Morgan fingerprint density at radius 2 is 1.70 bits per heavy atom. The van der Waals surface area contributed by atoms with Gasteiger partial charge in [-0.1, -0.05) is 36.4 Å². The monoisotopic (exact) mass is 511 g/mol. The fourth-order valence-electron chi connectivity index (χ4n) is 2.92. The molecule has 0 spiro atoms. The summed E-state index contributed by atoms with van der Waals surface area (Å²) >= 11 is 3.20. The number of hydrogen-bond donors (Lipinski definition) is 2. The van der Waals surface area contributed by atoms with Gasteiger partial charge in [-0.05, 0) is 40.2 Å². The number of benzene rings is 3. The molecule has 0 bridgehead atoms. The van der Waals surface area contributed by atoms with E-state index >= 15 is 0 Å². The molecule has 3 rings (SSSR count). The molecule has 0 heterocycles. The molecule has 168 valence electrons. The Hall–Kier alpha value is -4.05. The number of carbonyl (C=O) groups is 3. The van der Waals surface area contributed by atoms with Crippen molar-refractivity contribution in [3.05, 3.63) is 98.5 Å². The molecule has 0 aliphatic heterocycles. The molecule has 0 aliphatic carbocycles. The maximum Gasteiger partial charge on any atom is 0.339 e. The molecule has 0 radical (unpaired) electrons. The van der Waals surface area contributed by atoms with E-state index in [0.717, 1.165) is 0 Å². The van der Waals surface area contributed by atoms with E-state index in [1.54, 1.807) is 42.5 Å². The molecule has 1 unspecified atom stereocenters. The Morgan fingerprint density at radius 1 is 0.970 bits per heavy atom. The van der Waals surface area contributed by atoms with Crippen LogP contribution < -0.4 is 10.6 Å². The quantitative estimate of drug-likeness (QED) is 0.265. The number of non-ortho nitro benzene ring substituents is 1. The molecule has 0 aliphatic rings. The van der Waals surface area contributed by atoms with Crippen LogP contribution in [0.4, 0.5) is 17.1 Å². The highest BCUT2D eigenvalue weighted by Gasteiger charge is 2.26. The van der Waals surface area contributed by atoms with Crippen molar-refractivity contribution in [1.29, 1.82) is 0 Å². The van der Waals surface area contributed by atoms with Crippen LogP contribution >= 0.6 is 15.9 Å². The number of rotatable bonds is 7. The van der Waals surface area contributed by atoms with Gasteiger partial charge in [-0.15, -0.1) is 0 Å². The summed E-state index contributed by atoms with van der Waals surface area (Å²) < 4.78 is 5.83. The Balaban J connectivity index is 1.85. The number of carbonyl (C=O) groups excluding carboxylic acids is 3. The lowest BCUT2D eigenvalue weighted by molar-refractivity contribution is -0.384. The number of nitrogens with zero attached hydrogens (tertiary/aromatic N) is 1. The third-order valence-electron chi connectivity index (χ3n) is 4.41. The van der Waals surface area contributed by atoms with Gasteiger partial charge >= 0.3 is 5.97 Å². The van der Waals surface area contributed by atoms with Crippen molar-refractivity contribution < 1.29 is 24.0 Å². The molecular formula is C23H18BrN3O6. The van der Waals surface area contributed by atoms with Crippen LogP contribution in [0.5, 0.6) is 0 Å². The molecule has 3 aromatic rings. The SMILES string of the molecule is CC(=O)Nc1cccc(C(=O)OC(C(=O)Nc2ccc([N+](=O)[O-])cc2Br)c2ccccc2)c1. The van der Waals surface area contributed by atoms with Crippen molar-refractivity contribution in [3.63, 3.8) is 0 Å². The van der Waals surface area contributed by atoms with Crippen LogP contribution in [0, 0.1) is 10.1 Å². The molecule has 3 aromatic carbocycles. The molecular weight excluding hydrogens is 494 g/mol. The average Bonchev–Trinajstić information content (AvgIpc) is 2.78.